The molecule has 1 atom stereocenters. The second-order valence-electron chi connectivity index (χ2n) is 16.6. The molecule has 424 valence electrons. The van der Waals surface area contributed by atoms with Crippen LogP contribution in [0.5, 0.6) is 0 Å². The van der Waals surface area contributed by atoms with Gasteiger partial charge in [0.05, 0.1) is 70.3 Å². The van der Waals surface area contributed by atoms with Crippen molar-refractivity contribution in [2.75, 3.05) is 32.8 Å². The van der Waals surface area contributed by atoms with E-state index in [4.69, 9.17) is 56.9 Å². The van der Waals surface area contributed by atoms with Crippen LogP contribution >= 0.6 is 190 Å². The molecule has 0 saturated heterocycles. The molecule has 30 heteroatoms. The fourth-order valence-corrected chi connectivity index (χ4v) is 847. The number of aromatic nitrogens is 6. The molecule has 0 spiro atoms. The molecule has 2 N–H and O–H groups in total. The predicted molar refractivity (Wildman–Crippen MR) is 397 cm³/mol. The first-order valence-corrected chi connectivity index (χ1v) is 81.2. The number of hydrogen-bond acceptors (Lipinski definition) is 11. The number of Topliss-reactive ketones (excluding diaryl/α,β-unsaturated/α-hetero) is 1. The van der Waals surface area contributed by atoms with E-state index in [1.165, 1.54) is 6.92 Å². The number of rotatable bonds is 12. The summed E-state index contributed by atoms with van der Waals surface area (Å²) >= 11 is 40.9. The van der Waals surface area contributed by atoms with Gasteiger partial charge in [-0.05, 0) is 87.0 Å². The van der Waals surface area contributed by atoms with Crippen LogP contribution in [0.3, 0.4) is 0 Å². The van der Waals surface area contributed by atoms with E-state index in [-0.39, 0.29) is 74.3 Å². The minimum absolute atomic E-state index is 0.0573. The number of carbonyl (C=O) groups excluding carboxylic acids is 5. The second kappa shape index (κ2) is 33.3. The first kappa shape index (κ1) is 68.2. The van der Waals surface area contributed by atoms with Gasteiger partial charge in [0.25, 0.3) is 17.7 Å². The fraction of sp³-hybridized carbons (Fsp3) is 0.312. The first-order chi connectivity index (χ1) is 37.2. The Morgan fingerprint density at radius 1 is 0.679 bits per heavy atom. The van der Waals surface area contributed by atoms with Crippen LogP contribution in [0.15, 0.2) is 85.5 Å². The van der Waals surface area contributed by atoms with Crippen LogP contribution in [0.2, 0.25) is 20.1 Å². The molecule has 9 rings (SSSR count). The maximum atomic E-state index is 13.5. The predicted octanol–water partition coefficient (Wildman–Crippen LogP) is 16.7. The van der Waals surface area contributed by atoms with E-state index in [1.54, 1.807) is 99.4 Å². The third-order valence-electron chi connectivity index (χ3n) is 11.9. The van der Waals surface area contributed by atoms with Gasteiger partial charge in [-0.15, -0.1) is 0 Å². The second-order valence-corrected chi connectivity index (χ2v) is 213. The quantitative estimate of drug-likeness (QED) is 0.0696. The van der Waals surface area contributed by atoms with Crippen molar-refractivity contribution < 1.29 is 28.7 Å². The number of nitrogens with two attached hydrogens (primary N) is 1. The van der Waals surface area contributed by atoms with Crippen LogP contribution in [0, 0.1) is 0 Å². The Hall–Kier alpha value is 1.13. The number of pyridine rings is 2. The Kier molecular flexibility index (Phi) is 29.1. The number of carbonyl (C=O) groups is 5. The maximum absolute atomic E-state index is 13.5. The number of benzene rings is 2. The van der Waals surface area contributed by atoms with Gasteiger partial charge in [0.15, 0.2) is 11.5 Å². The van der Waals surface area contributed by atoms with E-state index >= 15 is 0 Å². The molecular formula is C48H48Cl4I10N10O6. The summed E-state index contributed by atoms with van der Waals surface area (Å²) in [4.78, 5) is 75.7. The van der Waals surface area contributed by atoms with Crippen LogP contribution in [0.25, 0.3) is 0 Å². The number of hydrogen-bond donors (Lipinski definition) is 1. The van der Waals surface area contributed by atoms with Crippen LogP contribution in [0.4, 0.5) is 0 Å². The van der Waals surface area contributed by atoms with Gasteiger partial charge in [-0.25, -0.2) is 4.79 Å². The number of fused-ring (bicyclic) bond motifs is 4. The molecule has 3 amide bonds. The van der Waals surface area contributed by atoms with Gasteiger partial charge in [-0.1, -0.05) is 46.4 Å². The van der Waals surface area contributed by atoms with Crippen molar-refractivity contribution in [2.45, 2.75) is 65.8 Å². The van der Waals surface area contributed by atoms with E-state index in [9.17, 15) is 24.0 Å². The molecule has 0 bridgehead atoms. The average molecular weight is 2270 g/mol. The SMILES string of the molecule is CC(=O)c1ccncc1.CC(c1ccncc1)N1CCn2nc3c(c2C1=O)CN(C(=O)c1ccc(Cl)c(Cl)c1)CC3.CCOC(=O)c1c2c(nn1CCN)CCN(C(=O)c1ccc(Cl)c(Cl)c1)C2.II(I)I(I)I(I)I(I)I. The monoisotopic (exact) mass is 2270 g/mol. The van der Waals surface area contributed by atoms with E-state index in [2.05, 4.69) is 132 Å². The van der Waals surface area contributed by atoms with Gasteiger partial charge in [0.2, 0.25) is 0 Å². The number of amides is 3. The summed E-state index contributed by atoms with van der Waals surface area (Å²) in [6.07, 6.45) is 7.84. The first-order valence-electron chi connectivity index (χ1n) is 23.1. The summed E-state index contributed by atoms with van der Waals surface area (Å²) in [5.74, 6) is -0.751. The van der Waals surface area contributed by atoms with E-state index in [1.807, 2.05) is 24.0 Å². The number of ketones is 1. The molecule has 3 aliphatic heterocycles. The van der Waals surface area contributed by atoms with Crippen LogP contribution < -0.4 is 5.73 Å². The molecule has 2 aromatic carbocycles. The molecule has 6 aromatic rings. The Bertz CT molecular complexity index is 3080. The standard InChI is InChI=1S/C23H21Cl2N5O2.C18H20Cl2N4O3.C7H7NO.I10/c1-14(15-4-7-26-8-5-15)29-10-11-30-21(23(29)32)17-13-28(9-6-20(17)27-30)22(31)16-2-3-18(24)19(25)12-16;1-2-27-18(26)16-12-10-23(7-5-15(12)22-24(16)8-6-21)17(25)11-3-4-13(19)14(20)9-11;1-6(9)7-2-4-8-5-3-7;1-7(2)9(5)10(6)8(3)4/h2-5,7-8,12,14H,6,9-11,13H2,1H3;3-4,9H,2,5-8,10,21H2,1H3;2-5H,1H3;. The Balaban J connectivity index is 0.000000191. The zero-order valence-corrected chi connectivity index (χ0v) is 65.9. The fourth-order valence-electron chi connectivity index (χ4n) is 8.22. The molecule has 7 heterocycles. The van der Waals surface area contributed by atoms with E-state index < -0.39 is 5.97 Å². The Labute approximate surface area is 547 Å². The summed E-state index contributed by atoms with van der Waals surface area (Å²) < 4.78 is 8.55. The van der Waals surface area contributed by atoms with Crippen LogP contribution in [0.1, 0.15) is 107 Å². The number of esters is 1. The normalized spacial score (nSPS) is 14.5. The van der Waals surface area contributed by atoms with Crippen molar-refractivity contribution in [2.24, 2.45) is 5.73 Å². The summed E-state index contributed by atoms with van der Waals surface area (Å²) in [6.45, 7) is 9.16. The Morgan fingerprint density at radius 3 is 1.64 bits per heavy atom. The van der Waals surface area contributed by atoms with Crippen molar-refractivity contribution >= 4 is 219 Å². The van der Waals surface area contributed by atoms with Gasteiger partial charge >= 0.3 is 149 Å². The molecule has 0 saturated carbocycles. The van der Waals surface area contributed by atoms with E-state index in [0.717, 1.165) is 22.5 Å². The molecule has 0 fully saturated rings. The molecule has 16 nitrogen and oxygen atoms in total. The van der Waals surface area contributed by atoms with Gasteiger partial charge in [0, 0.05) is 91.6 Å². The summed E-state index contributed by atoms with van der Waals surface area (Å²) in [7, 11) is -1.31. The van der Waals surface area contributed by atoms with Gasteiger partial charge in [-0.3, -0.25) is 38.5 Å². The summed E-state index contributed by atoms with van der Waals surface area (Å²) in [5, 5.41) is 10.6. The van der Waals surface area contributed by atoms with Crippen molar-refractivity contribution in [3.8, 4) is 0 Å². The third kappa shape index (κ3) is 18.3. The molecule has 3 aliphatic rings. The zero-order chi connectivity index (χ0) is 57.0. The average Bonchev–Trinajstić information content (AvgIpc) is 4.00. The zero-order valence-electron chi connectivity index (χ0n) is 41.3. The van der Waals surface area contributed by atoms with Gasteiger partial charge in [0.1, 0.15) is 5.69 Å². The van der Waals surface area contributed by atoms with Crippen molar-refractivity contribution in [3.63, 3.8) is 0 Å². The van der Waals surface area contributed by atoms with Crippen molar-refractivity contribution in [1.82, 2.24) is 44.2 Å². The third-order valence-corrected chi connectivity index (χ3v) is 509. The topological polar surface area (TPSA) is 192 Å². The molecule has 0 radical (unpaired) electrons. The number of nitrogens with zero attached hydrogens (tertiary/aromatic N) is 9. The van der Waals surface area contributed by atoms with Crippen molar-refractivity contribution in [3.05, 3.63) is 162 Å². The molecular weight excluding hydrogens is 2220 g/mol. The number of halogens is 14. The number of ether oxygens (including phenoxy) is 1. The van der Waals surface area contributed by atoms with Crippen LogP contribution in [-0.4, -0.2) is 106 Å². The molecule has 78 heavy (non-hydrogen) atoms. The van der Waals surface area contributed by atoms with Crippen molar-refractivity contribution in [1.29, 1.82) is 0 Å². The van der Waals surface area contributed by atoms with Gasteiger partial charge < -0.3 is 25.2 Å². The molecule has 1 unspecified atom stereocenters. The molecule has 4 aromatic heterocycles. The van der Waals surface area contributed by atoms with E-state index in [0.29, 0.717) is 112 Å². The summed E-state index contributed by atoms with van der Waals surface area (Å²) in [5.41, 5.74) is 12.5. The Morgan fingerprint density at radius 2 is 1.18 bits per heavy atom. The summed E-state index contributed by atoms with van der Waals surface area (Å²) in [6, 6.07) is 16.8. The minimum atomic E-state index is -0.455. The van der Waals surface area contributed by atoms with Crippen LogP contribution in [-0.2, 0) is 43.8 Å². The molecule has 0 aliphatic carbocycles. The van der Waals surface area contributed by atoms with Gasteiger partial charge in [-0.2, -0.15) is 10.2 Å².